The minimum atomic E-state index is 0.0198. The molecule has 0 unspecified atom stereocenters. The zero-order chi connectivity index (χ0) is 14.4. The lowest BCUT2D eigenvalue weighted by atomic mass is 10.2. The van der Waals surface area contributed by atoms with E-state index in [9.17, 15) is 0 Å². The van der Waals surface area contributed by atoms with Crippen LogP contribution in [0.15, 0.2) is 41.8 Å². The molecule has 0 radical (unpaired) electrons. The fourth-order valence-electron chi connectivity index (χ4n) is 1.69. The number of methoxy groups -OCH3 is 1. The van der Waals surface area contributed by atoms with Gasteiger partial charge in [0.1, 0.15) is 6.61 Å². The van der Waals surface area contributed by atoms with Crippen molar-refractivity contribution in [1.29, 1.82) is 0 Å². The predicted molar refractivity (Wildman–Crippen MR) is 73.2 cm³/mol. The summed E-state index contributed by atoms with van der Waals surface area (Å²) < 4.78 is 12.6. The Balaban J connectivity index is 2.04. The first-order valence-corrected chi connectivity index (χ1v) is 6.00. The van der Waals surface area contributed by atoms with Crippen LogP contribution in [0.1, 0.15) is 5.56 Å². The fourth-order valence-corrected chi connectivity index (χ4v) is 1.69. The average molecular weight is 276 g/mol. The Morgan fingerprint density at radius 2 is 2.30 bits per heavy atom. The molecule has 0 amide bonds. The molecule has 1 aromatic heterocycles. The average Bonchev–Trinajstić information content (AvgIpc) is 3.00. The van der Waals surface area contributed by atoms with Crippen LogP contribution in [0.2, 0.25) is 0 Å². The molecule has 0 atom stereocenters. The molecule has 3 N–H and O–H groups in total. The maximum atomic E-state index is 8.65. The third kappa shape index (κ3) is 3.19. The number of hydrogen-bond acceptors (Lipinski definition) is 5. The van der Waals surface area contributed by atoms with Gasteiger partial charge in [-0.3, -0.25) is 4.68 Å². The molecule has 0 fully saturated rings. The van der Waals surface area contributed by atoms with E-state index in [-0.39, 0.29) is 5.84 Å². The molecular weight excluding hydrogens is 260 g/mol. The van der Waals surface area contributed by atoms with E-state index in [1.807, 2.05) is 12.3 Å². The van der Waals surface area contributed by atoms with Gasteiger partial charge in [-0.05, 0) is 24.3 Å². The number of oxime groups is 1. The first kappa shape index (κ1) is 13.7. The van der Waals surface area contributed by atoms with Crippen LogP contribution in [0.5, 0.6) is 11.5 Å². The van der Waals surface area contributed by atoms with E-state index < -0.39 is 0 Å². The lowest BCUT2D eigenvalue weighted by Gasteiger charge is -2.12. The van der Waals surface area contributed by atoms with Crippen LogP contribution >= 0.6 is 0 Å². The minimum absolute atomic E-state index is 0.0198. The summed E-state index contributed by atoms with van der Waals surface area (Å²) in [5.41, 5.74) is 6.08. The van der Waals surface area contributed by atoms with E-state index in [1.54, 1.807) is 29.1 Å². The Hall–Kier alpha value is -2.70. The van der Waals surface area contributed by atoms with E-state index in [4.69, 9.17) is 20.4 Å². The topological polar surface area (TPSA) is 94.9 Å². The van der Waals surface area contributed by atoms with Crippen molar-refractivity contribution in [1.82, 2.24) is 9.78 Å². The third-order valence-electron chi connectivity index (χ3n) is 2.70. The summed E-state index contributed by atoms with van der Waals surface area (Å²) in [6.07, 6.45) is 3.58. The molecule has 2 aromatic rings. The highest BCUT2D eigenvalue weighted by Gasteiger charge is 2.08. The van der Waals surface area contributed by atoms with Gasteiger partial charge < -0.3 is 20.4 Å². The molecule has 0 aliphatic heterocycles. The van der Waals surface area contributed by atoms with Crippen molar-refractivity contribution in [2.45, 2.75) is 6.54 Å². The van der Waals surface area contributed by atoms with Gasteiger partial charge in [0.15, 0.2) is 17.3 Å². The summed E-state index contributed by atoms with van der Waals surface area (Å²) >= 11 is 0. The van der Waals surface area contributed by atoms with Crippen LogP contribution < -0.4 is 15.2 Å². The zero-order valence-electron chi connectivity index (χ0n) is 11.1. The highest BCUT2D eigenvalue weighted by molar-refractivity contribution is 5.97. The van der Waals surface area contributed by atoms with Crippen LogP contribution in [-0.2, 0) is 6.54 Å². The molecule has 0 bridgehead atoms. The Morgan fingerprint density at radius 3 is 2.95 bits per heavy atom. The summed E-state index contributed by atoms with van der Waals surface area (Å²) in [4.78, 5) is 0. The van der Waals surface area contributed by atoms with Gasteiger partial charge in [-0.25, -0.2) is 0 Å². The lowest BCUT2D eigenvalue weighted by Crippen LogP contribution is -2.13. The van der Waals surface area contributed by atoms with Crippen molar-refractivity contribution < 1.29 is 14.7 Å². The van der Waals surface area contributed by atoms with Crippen molar-refractivity contribution in [3.05, 3.63) is 42.2 Å². The highest BCUT2D eigenvalue weighted by atomic mass is 16.5. The van der Waals surface area contributed by atoms with E-state index in [1.165, 1.54) is 7.11 Å². The highest BCUT2D eigenvalue weighted by Crippen LogP contribution is 2.28. The number of amidine groups is 1. The van der Waals surface area contributed by atoms with Crippen LogP contribution in [0.25, 0.3) is 0 Å². The van der Waals surface area contributed by atoms with Crippen molar-refractivity contribution >= 4 is 5.84 Å². The lowest BCUT2D eigenvalue weighted by molar-refractivity contribution is 0.274. The molecule has 0 aliphatic carbocycles. The molecule has 0 saturated heterocycles. The second kappa shape index (κ2) is 6.46. The molecule has 1 heterocycles. The standard InChI is InChI=1S/C13H16N4O3/c1-19-12-9-10(13(14)16-18)3-4-11(12)20-8-7-17-6-2-5-15-17/h2-6,9,18H,7-8H2,1H3,(H2,14,16). The number of aromatic nitrogens is 2. The number of hydrogen-bond donors (Lipinski definition) is 2. The smallest absolute Gasteiger partial charge is 0.170 e. The second-order valence-corrected chi connectivity index (χ2v) is 3.97. The summed E-state index contributed by atoms with van der Waals surface area (Å²) in [6.45, 7) is 1.10. The molecule has 106 valence electrons. The molecule has 0 saturated carbocycles. The first-order valence-electron chi connectivity index (χ1n) is 6.00. The number of rotatable bonds is 6. The Labute approximate surface area is 116 Å². The number of ether oxygens (including phenoxy) is 2. The van der Waals surface area contributed by atoms with Crippen LogP contribution in [0, 0.1) is 0 Å². The fraction of sp³-hybridized carbons (Fsp3) is 0.231. The third-order valence-corrected chi connectivity index (χ3v) is 2.70. The van der Waals surface area contributed by atoms with Gasteiger partial charge in [0, 0.05) is 18.0 Å². The SMILES string of the molecule is COc1cc(C(N)=NO)ccc1OCCn1cccn1. The van der Waals surface area contributed by atoms with Gasteiger partial charge >= 0.3 is 0 Å². The predicted octanol–water partition coefficient (Wildman–Crippen LogP) is 1.07. The molecule has 7 nitrogen and oxygen atoms in total. The van der Waals surface area contributed by atoms with E-state index in [0.717, 1.165) is 0 Å². The number of benzene rings is 1. The van der Waals surface area contributed by atoms with Crippen molar-refractivity contribution in [2.24, 2.45) is 10.9 Å². The Kier molecular flexibility index (Phi) is 4.43. The van der Waals surface area contributed by atoms with Crippen molar-refractivity contribution in [2.75, 3.05) is 13.7 Å². The van der Waals surface area contributed by atoms with Gasteiger partial charge in [0.05, 0.1) is 13.7 Å². The number of nitrogens with zero attached hydrogens (tertiary/aromatic N) is 3. The first-order chi connectivity index (χ1) is 9.74. The summed E-state index contributed by atoms with van der Waals surface area (Å²) in [7, 11) is 1.53. The molecule has 7 heteroatoms. The monoisotopic (exact) mass is 276 g/mol. The zero-order valence-corrected chi connectivity index (χ0v) is 11.1. The van der Waals surface area contributed by atoms with Gasteiger partial charge in [-0.1, -0.05) is 5.16 Å². The molecule has 1 aromatic carbocycles. The normalized spacial score (nSPS) is 11.3. The molecule has 0 spiro atoms. The van der Waals surface area contributed by atoms with Crippen LogP contribution in [-0.4, -0.2) is 34.5 Å². The van der Waals surface area contributed by atoms with Crippen molar-refractivity contribution in [3.63, 3.8) is 0 Å². The summed E-state index contributed by atoms with van der Waals surface area (Å²) in [5, 5.41) is 15.7. The molecule has 0 aliphatic rings. The Bertz CT molecular complexity index is 581. The molecule has 20 heavy (non-hydrogen) atoms. The van der Waals surface area contributed by atoms with Gasteiger partial charge in [-0.2, -0.15) is 5.10 Å². The van der Waals surface area contributed by atoms with E-state index in [0.29, 0.717) is 30.2 Å². The van der Waals surface area contributed by atoms with Gasteiger partial charge in [0.2, 0.25) is 0 Å². The Morgan fingerprint density at radius 1 is 1.45 bits per heavy atom. The van der Waals surface area contributed by atoms with Gasteiger partial charge in [-0.15, -0.1) is 0 Å². The van der Waals surface area contributed by atoms with E-state index >= 15 is 0 Å². The maximum absolute atomic E-state index is 8.65. The summed E-state index contributed by atoms with van der Waals surface area (Å²) in [6, 6.07) is 6.92. The largest absolute Gasteiger partial charge is 0.493 e. The summed E-state index contributed by atoms with van der Waals surface area (Å²) in [5.74, 6) is 1.13. The quantitative estimate of drug-likeness (QED) is 0.356. The maximum Gasteiger partial charge on any atom is 0.170 e. The van der Waals surface area contributed by atoms with E-state index in [2.05, 4.69) is 10.3 Å². The van der Waals surface area contributed by atoms with Crippen LogP contribution in [0.4, 0.5) is 0 Å². The minimum Gasteiger partial charge on any atom is -0.493 e. The molecule has 2 rings (SSSR count). The van der Waals surface area contributed by atoms with Crippen molar-refractivity contribution in [3.8, 4) is 11.5 Å². The molecular formula is C13H16N4O3. The second-order valence-electron chi connectivity index (χ2n) is 3.97. The van der Waals surface area contributed by atoms with Gasteiger partial charge in [0.25, 0.3) is 0 Å². The van der Waals surface area contributed by atoms with Crippen LogP contribution in [0.3, 0.4) is 0 Å². The number of nitrogens with two attached hydrogens (primary N) is 1.